The first-order valence-corrected chi connectivity index (χ1v) is 14.5. The maximum absolute atomic E-state index is 15.4. The van der Waals surface area contributed by atoms with E-state index in [1.165, 1.54) is 40.1 Å². The van der Waals surface area contributed by atoms with Crippen LogP contribution in [-0.2, 0) is 16.1 Å². The Balaban J connectivity index is 1.62. The van der Waals surface area contributed by atoms with Crippen LogP contribution in [0.25, 0.3) is 22.5 Å². The molecule has 4 aromatic rings. The molecule has 1 aliphatic heterocycles. The third-order valence-electron chi connectivity index (χ3n) is 7.38. The summed E-state index contributed by atoms with van der Waals surface area (Å²) >= 11 is 11.8. The zero-order valence-corrected chi connectivity index (χ0v) is 25.3. The highest BCUT2D eigenvalue weighted by Crippen LogP contribution is 2.36. The van der Waals surface area contributed by atoms with E-state index in [0.717, 1.165) is 17.3 Å². The maximum atomic E-state index is 15.4. The van der Waals surface area contributed by atoms with Crippen molar-refractivity contribution >= 4 is 46.5 Å². The van der Waals surface area contributed by atoms with Crippen molar-refractivity contribution in [3.8, 4) is 22.5 Å². The Morgan fingerprint density at radius 2 is 2.02 bits per heavy atom. The number of amides is 1. The number of hydrogen-bond donors (Lipinski definition) is 4. The monoisotopic (exact) mass is 655 g/mol. The van der Waals surface area contributed by atoms with Crippen molar-refractivity contribution in [1.82, 2.24) is 24.3 Å². The summed E-state index contributed by atoms with van der Waals surface area (Å²) in [4.78, 5) is 47.2. The fraction of sp³-hybridized carbons (Fsp3) is 0.241. The smallest absolute Gasteiger partial charge is 0.325 e. The minimum atomic E-state index is -1.12. The molecule has 2 bridgehead atoms. The molecule has 1 aromatic carbocycles. The van der Waals surface area contributed by atoms with Gasteiger partial charge in [-0.3, -0.25) is 33.6 Å². The Labute approximate surface area is 265 Å². The van der Waals surface area contributed by atoms with E-state index in [4.69, 9.17) is 34.8 Å². The number of pyridine rings is 1. The molecule has 4 heterocycles. The first-order chi connectivity index (χ1) is 21.4. The molecule has 13 nitrogen and oxygen atoms in total. The molecule has 1 amide bonds. The van der Waals surface area contributed by atoms with Crippen LogP contribution in [0.4, 0.5) is 15.8 Å². The Morgan fingerprint density at radius 3 is 2.73 bits per heavy atom. The number of carboxylic acid groups (broad SMARTS) is 1. The van der Waals surface area contributed by atoms with Crippen LogP contribution < -0.4 is 27.5 Å². The molecular formula is C29H28Cl2FN9O4. The first kappa shape index (κ1) is 31.6. The molecule has 0 saturated carbocycles. The second-order valence-corrected chi connectivity index (χ2v) is 11.3. The zero-order chi connectivity index (χ0) is 32.4. The second kappa shape index (κ2) is 13.1. The Morgan fingerprint density at radius 1 is 1.24 bits per heavy atom. The zero-order valence-electron chi connectivity index (χ0n) is 23.8. The third kappa shape index (κ3) is 6.67. The lowest BCUT2D eigenvalue weighted by Crippen LogP contribution is -2.28. The molecule has 3 aromatic heterocycles. The van der Waals surface area contributed by atoms with Gasteiger partial charge in [-0.2, -0.15) is 5.10 Å². The van der Waals surface area contributed by atoms with Crippen molar-refractivity contribution in [2.75, 3.05) is 10.3 Å². The summed E-state index contributed by atoms with van der Waals surface area (Å²) in [5.74, 6) is 3.42. The van der Waals surface area contributed by atoms with E-state index in [1.807, 2.05) is 0 Å². The summed E-state index contributed by atoms with van der Waals surface area (Å²) in [5, 5.41) is 17.1. The number of aromatic nitrogens is 5. The number of nitrogens with two attached hydrogens (primary N) is 2. The quantitative estimate of drug-likeness (QED) is 0.134. The van der Waals surface area contributed by atoms with Gasteiger partial charge in [-0.15, -0.1) is 0 Å². The van der Waals surface area contributed by atoms with Gasteiger partial charge in [0.05, 0.1) is 63.8 Å². The highest BCUT2D eigenvalue weighted by Gasteiger charge is 2.26. The van der Waals surface area contributed by atoms with Gasteiger partial charge in [-0.1, -0.05) is 36.5 Å². The van der Waals surface area contributed by atoms with Crippen molar-refractivity contribution in [3.63, 3.8) is 0 Å². The van der Waals surface area contributed by atoms with Crippen LogP contribution in [-0.4, -0.2) is 41.3 Å². The fourth-order valence-corrected chi connectivity index (χ4v) is 5.49. The van der Waals surface area contributed by atoms with E-state index in [-0.39, 0.29) is 33.0 Å². The number of carbonyl (C=O) groups is 2. The molecule has 6 N–H and O–H groups in total. The first-order valence-electron chi connectivity index (χ1n) is 13.7. The molecular weight excluding hydrogens is 628 g/mol. The number of aliphatic carboxylic acids is 1. The van der Waals surface area contributed by atoms with E-state index in [0.29, 0.717) is 41.9 Å². The van der Waals surface area contributed by atoms with Gasteiger partial charge in [0.1, 0.15) is 11.7 Å². The van der Waals surface area contributed by atoms with Crippen molar-refractivity contribution in [3.05, 3.63) is 87.3 Å². The van der Waals surface area contributed by atoms with Crippen LogP contribution in [0.5, 0.6) is 0 Å². The lowest BCUT2D eigenvalue weighted by Gasteiger charge is -2.23. The summed E-state index contributed by atoms with van der Waals surface area (Å²) in [6, 6.07) is 6.64. The normalized spacial score (nSPS) is 17.1. The molecule has 5 rings (SSSR count). The number of nitrogens with one attached hydrogen (secondary N) is 1. The number of anilines is 2. The molecule has 0 fully saturated rings. The Hall–Kier alpha value is -4.79. The molecule has 45 heavy (non-hydrogen) atoms. The molecule has 1 aliphatic rings. The molecule has 0 radical (unpaired) electrons. The van der Waals surface area contributed by atoms with E-state index in [9.17, 15) is 19.5 Å². The summed E-state index contributed by atoms with van der Waals surface area (Å²) < 4.78 is 18.0. The van der Waals surface area contributed by atoms with Crippen molar-refractivity contribution in [2.45, 2.75) is 38.8 Å². The summed E-state index contributed by atoms with van der Waals surface area (Å²) in [7, 11) is 0. The fourth-order valence-electron chi connectivity index (χ4n) is 5.22. The third-order valence-corrected chi connectivity index (χ3v) is 7.77. The Kier molecular flexibility index (Phi) is 9.18. The van der Waals surface area contributed by atoms with Gasteiger partial charge in [0.2, 0.25) is 5.91 Å². The standard InChI is InChI=1S/C29H28Cl2FN9O4/c1-15-3-2-4-21(18-9-16(7-8-35-18)28-20(38-29(15)45)11-37-41(28)13-25(43)44)39-14-36-19(10-24(39)42)26-22(40(34)12-23(31)33)6-5-17(30)27(26)32/h5-12,14-15,21H,2-4,13,33-34H2,1H3,(H,38,45)(H,43,44)/b23-12-/t15-,21+/m1/s1. The number of carbonyl (C=O) groups excluding carboxylic acids is 1. The van der Waals surface area contributed by atoms with Crippen molar-refractivity contribution in [1.29, 1.82) is 0 Å². The molecule has 234 valence electrons. The highest BCUT2D eigenvalue weighted by molar-refractivity contribution is 6.31. The van der Waals surface area contributed by atoms with Gasteiger partial charge in [0.15, 0.2) is 5.82 Å². The van der Waals surface area contributed by atoms with Crippen LogP contribution in [0.2, 0.25) is 5.02 Å². The minimum Gasteiger partial charge on any atom is -0.480 e. The summed E-state index contributed by atoms with van der Waals surface area (Å²) in [6.45, 7) is 1.34. The number of benzene rings is 1. The van der Waals surface area contributed by atoms with Gasteiger partial charge in [-0.05, 0) is 37.1 Å². The van der Waals surface area contributed by atoms with E-state index < -0.39 is 35.9 Å². The molecule has 0 spiro atoms. The van der Waals surface area contributed by atoms with Gasteiger partial charge in [0, 0.05) is 23.7 Å². The van der Waals surface area contributed by atoms with Gasteiger partial charge < -0.3 is 16.2 Å². The number of hydrazine groups is 1. The number of nitrogens with zero attached hydrogens (tertiary/aromatic N) is 6. The van der Waals surface area contributed by atoms with Crippen molar-refractivity contribution < 1.29 is 19.1 Å². The highest BCUT2D eigenvalue weighted by atomic mass is 35.5. The average molecular weight is 657 g/mol. The summed E-state index contributed by atoms with van der Waals surface area (Å²) in [5.41, 5.74) is 6.69. The van der Waals surface area contributed by atoms with Crippen LogP contribution in [0.3, 0.4) is 0 Å². The summed E-state index contributed by atoms with van der Waals surface area (Å²) in [6.07, 6.45) is 6.82. The lowest BCUT2D eigenvalue weighted by atomic mass is 9.97. The van der Waals surface area contributed by atoms with Crippen LogP contribution in [0.1, 0.15) is 37.9 Å². The SMILES string of the molecule is C[C@@H]1CCC[C@H](n2cnc(-c3c(N(N)/C=C(\N)Cl)ccc(Cl)c3F)cc2=O)c2cc(ccn2)-c2c(cnn2CC(=O)O)NC1=O. The van der Waals surface area contributed by atoms with Gasteiger partial charge in [0.25, 0.3) is 5.56 Å². The van der Waals surface area contributed by atoms with E-state index in [1.54, 1.807) is 19.1 Å². The second-order valence-electron chi connectivity index (χ2n) is 10.5. The number of rotatable bonds is 6. The predicted octanol–water partition coefficient (Wildman–Crippen LogP) is 4.07. The number of fused-ring (bicyclic) bond motifs is 4. The molecule has 2 atom stereocenters. The van der Waals surface area contributed by atoms with E-state index in [2.05, 4.69) is 20.4 Å². The van der Waals surface area contributed by atoms with Crippen molar-refractivity contribution in [2.24, 2.45) is 17.5 Å². The van der Waals surface area contributed by atoms with Crippen LogP contribution in [0, 0.1) is 11.7 Å². The van der Waals surface area contributed by atoms with Crippen LogP contribution in [0.15, 0.2) is 65.2 Å². The molecule has 0 unspecified atom stereocenters. The average Bonchev–Trinajstić information content (AvgIpc) is 3.36. The molecule has 0 aliphatic carbocycles. The van der Waals surface area contributed by atoms with Crippen LogP contribution >= 0.6 is 23.2 Å². The molecule has 0 saturated heterocycles. The number of hydrogen-bond acceptors (Lipinski definition) is 9. The van der Waals surface area contributed by atoms with Gasteiger partial charge >= 0.3 is 5.97 Å². The minimum absolute atomic E-state index is 0.0365. The van der Waals surface area contributed by atoms with Gasteiger partial charge in [-0.25, -0.2) is 15.2 Å². The van der Waals surface area contributed by atoms with E-state index >= 15 is 4.39 Å². The lowest BCUT2D eigenvalue weighted by molar-refractivity contribution is -0.137. The largest absolute Gasteiger partial charge is 0.480 e. The number of halogens is 3. The topological polar surface area (TPSA) is 187 Å². The Bertz CT molecular complexity index is 1870. The predicted molar refractivity (Wildman–Crippen MR) is 167 cm³/mol. The number of carboxylic acids is 1. The maximum Gasteiger partial charge on any atom is 0.325 e. The molecule has 16 heteroatoms.